The van der Waals surface area contributed by atoms with Gasteiger partial charge in [0, 0.05) is 19.1 Å². The van der Waals surface area contributed by atoms with Crippen LogP contribution in [0.15, 0.2) is 0 Å². The summed E-state index contributed by atoms with van der Waals surface area (Å²) in [6.45, 7) is 7.34. The lowest BCUT2D eigenvalue weighted by Crippen LogP contribution is -2.35. The lowest BCUT2D eigenvalue weighted by atomic mass is 10.0. The van der Waals surface area contributed by atoms with E-state index in [-0.39, 0.29) is 6.09 Å². The molecule has 2 rings (SSSR count). The largest absolute Gasteiger partial charge is 0.444 e. The second-order valence-corrected chi connectivity index (χ2v) is 6.04. The molecule has 2 aliphatic rings. The molecule has 1 aliphatic carbocycles. The van der Waals surface area contributed by atoms with E-state index in [1.165, 1.54) is 0 Å². The van der Waals surface area contributed by atoms with E-state index in [4.69, 9.17) is 10.5 Å². The number of likely N-dealkylation sites (tertiary alicyclic amines) is 1. The summed E-state index contributed by atoms with van der Waals surface area (Å²) in [5, 5.41) is 0. The number of rotatable bonds is 1. The minimum absolute atomic E-state index is 0.177. The molecular formula is C12H22N2O2. The van der Waals surface area contributed by atoms with Crippen LogP contribution in [0.2, 0.25) is 0 Å². The second-order valence-electron chi connectivity index (χ2n) is 6.04. The van der Waals surface area contributed by atoms with E-state index in [0.29, 0.717) is 17.9 Å². The summed E-state index contributed by atoms with van der Waals surface area (Å²) in [6.07, 6.45) is 2.04. The number of carbonyl (C=O) groups excluding carboxylic acids is 1. The molecule has 1 saturated heterocycles. The zero-order valence-electron chi connectivity index (χ0n) is 10.4. The van der Waals surface area contributed by atoms with Crippen LogP contribution in [-0.4, -0.2) is 35.7 Å². The van der Waals surface area contributed by atoms with Crippen LogP contribution in [0.25, 0.3) is 0 Å². The summed E-state index contributed by atoms with van der Waals surface area (Å²) in [4.78, 5) is 13.6. The molecule has 4 nitrogen and oxygen atoms in total. The molecule has 2 N–H and O–H groups in total. The summed E-state index contributed by atoms with van der Waals surface area (Å²) >= 11 is 0. The van der Waals surface area contributed by atoms with E-state index in [2.05, 4.69) is 0 Å². The van der Waals surface area contributed by atoms with Gasteiger partial charge in [-0.2, -0.15) is 0 Å². The summed E-state index contributed by atoms with van der Waals surface area (Å²) in [5.41, 5.74) is 5.44. The van der Waals surface area contributed by atoms with Crippen molar-refractivity contribution >= 4 is 6.09 Å². The van der Waals surface area contributed by atoms with Gasteiger partial charge in [-0.15, -0.1) is 0 Å². The molecule has 2 fully saturated rings. The van der Waals surface area contributed by atoms with Crippen molar-refractivity contribution in [3.8, 4) is 0 Å². The zero-order chi connectivity index (χ0) is 11.9. The fourth-order valence-electron chi connectivity index (χ4n) is 2.41. The van der Waals surface area contributed by atoms with Gasteiger partial charge in [-0.3, -0.25) is 0 Å². The van der Waals surface area contributed by atoms with Gasteiger partial charge in [-0.05, 0) is 45.4 Å². The lowest BCUT2D eigenvalue weighted by molar-refractivity contribution is 0.0286. The Morgan fingerprint density at radius 1 is 1.44 bits per heavy atom. The van der Waals surface area contributed by atoms with Gasteiger partial charge in [0.2, 0.25) is 0 Å². The van der Waals surface area contributed by atoms with Gasteiger partial charge in [0.25, 0.3) is 0 Å². The van der Waals surface area contributed by atoms with Crippen molar-refractivity contribution in [1.82, 2.24) is 4.90 Å². The highest BCUT2D eigenvalue weighted by Crippen LogP contribution is 2.40. The smallest absolute Gasteiger partial charge is 0.410 e. The van der Waals surface area contributed by atoms with Crippen molar-refractivity contribution in [1.29, 1.82) is 0 Å². The van der Waals surface area contributed by atoms with Crippen molar-refractivity contribution in [3.63, 3.8) is 0 Å². The maximum absolute atomic E-state index is 11.8. The maximum atomic E-state index is 11.8. The van der Waals surface area contributed by atoms with E-state index in [1.807, 2.05) is 25.7 Å². The van der Waals surface area contributed by atoms with Crippen LogP contribution in [-0.2, 0) is 4.74 Å². The third kappa shape index (κ3) is 2.67. The fraction of sp³-hybridized carbons (Fsp3) is 0.917. The zero-order valence-corrected chi connectivity index (χ0v) is 10.4. The van der Waals surface area contributed by atoms with Crippen LogP contribution in [0, 0.1) is 11.8 Å². The Morgan fingerprint density at radius 3 is 2.56 bits per heavy atom. The average molecular weight is 226 g/mol. The second kappa shape index (κ2) is 3.91. The van der Waals surface area contributed by atoms with Gasteiger partial charge in [0.05, 0.1) is 0 Å². The third-order valence-electron chi connectivity index (χ3n) is 3.37. The molecule has 0 radical (unpaired) electrons. The Labute approximate surface area is 97.1 Å². The van der Waals surface area contributed by atoms with Gasteiger partial charge in [0.15, 0.2) is 0 Å². The van der Waals surface area contributed by atoms with Crippen LogP contribution in [0.5, 0.6) is 0 Å². The number of nitrogens with zero attached hydrogens (tertiary/aromatic N) is 1. The number of ether oxygens (including phenoxy) is 1. The summed E-state index contributed by atoms with van der Waals surface area (Å²) in [5.74, 6) is 1.25. The molecule has 3 unspecified atom stereocenters. The minimum atomic E-state index is -0.398. The van der Waals surface area contributed by atoms with Crippen molar-refractivity contribution < 1.29 is 9.53 Å². The van der Waals surface area contributed by atoms with E-state index < -0.39 is 5.60 Å². The molecule has 0 aromatic rings. The van der Waals surface area contributed by atoms with Crippen LogP contribution in [0.1, 0.15) is 33.6 Å². The predicted molar refractivity (Wildman–Crippen MR) is 62.0 cm³/mol. The molecule has 3 atom stereocenters. The van der Waals surface area contributed by atoms with Crippen LogP contribution >= 0.6 is 0 Å². The van der Waals surface area contributed by atoms with Crippen molar-refractivity contribution in [2.24, 2.45) is 17.6 Å². The predicted octanol–water partition coefficient (Wildman–Crippen LogP) is 1.59. The third-order valence-corrected chi connectivity index (χ3v) is 3.37. The summed E-state index contributed by atoms with van der Waals surface area (Å²) in [6, 6.07) is 0.378. The first-order chi connectivity index (χ1) is 7.37. The van der Waals surface area contributed by atoms with Crippen molar-refractivity contribution in [3.05, 3.63) is 0 Å². The first-order valence-corrected chi connectivity index (χ1v) is 6.10. The molecule has 16 heavy (non-hydrogen) atoms. The summed E-state index contributed by atoms with van der Waals surface area (Å²) < 4.78 is 5.35. The number of carbonyl (C=O) groups is 1. The molecule has 0 aromatic heterocycles. The molecule has 0 spiro atoms. The molecule has 0 bridgehead atoms. The lowest BCUT2D eigenvalue weighted by Gasteiger charge is -2.24. The highest BCUT2D eigenvalue weighted by Gasteiger charge is 2.44. The Morgan fingerprint density at radius 2 is 2.06 bits per heavy atom. The van der Waals surface area contributed by atoms with Gasteiger partial charge >= 0.3 is 6.09 Å². The Kier molecular flexibility index (Phi) is 2.86. The molecule has 1 saturated carbocycles. The number of hydrogen-bond donors (Lipinski definition) is 1. The van der Waals surface area contributed by atoms with Gasteiger partial charge in [-0.25, -0.2) is 4.79 Å². The van der Waals surface area contributed by atoms with Gasteiger partial charge < -0.3 is 15.4 Å². The molecule has 1 amide bonds. The number of nitrogens with two attached hydrogens (primary N) is 1. The van der Waals surface area contributed by atoms with Gasteiger partial charge in [0.1, 0.15) is 5.60 Å². The molecule has 1 heterocycles. The van der Waals surface area contributed by atoms with Gasteiger partial charge in [-0.1, -0.05) is 0 Å². The average Bonchev–Trinajstić information content (AvgIpc) is 2.69. The normalized spacial score (nSPS) is 34.0. The highest BCUT2D eigenvalue weighted by atomic mass is 16.6. The molecule has 0 aromatic carbocycles. The number of hydrogen-bond acceptors (Lipinski definition) is 3. The van der Waals surface area contributed by atoms with E-state index in [1.54, 1.807) is 0 Å². The number of amides is 1. The van der Waals surface area contributed by atoms with Crippen LogP contribution in [0.3, 0.4) is 0 Å². The first-order valence-electron chi connectivity index (χ1n) is 6.10. The van der Waals surface area contributed by atoms with Crippen LogP contribution < -0.4 is 5.73 Å². The molecular weight excluding hydrogens is 204 g/mol. The van der Waals surface area contributed by atoms with E-state index >= 15 is 0 Å². The SMILES string of the molecule is CC(C)(C)OC(=O)N1CCC(C2CC2N)C1. The quantitative estimate of drug-likeness (QED) is 0.738. The standard InChI is InChI=1S/C12H22N2O2/c1-12(2,3)16-11(15)14-5-4-8(7-14)9-6-10(9)13/h8-10H,4-7,13H2,1-3H3. The topological polar surface area (TPSA) is 55.6 Å². The Balaban J connectivity index is 1.82. The monoisotopic (exact) mass is 226 g/mol. The molecule has 4 heteroatoms. The highest BCUT2D eigenvalue weighted by molar-refractivity contribution is 5.68. The van der Waals surface area contributed by atoms with Crippen LogP contribution in [0.4, 0.5) is 4.79 Å². The minimum Gasteiger partial charge on any atom is -0.444 e. The first kappa shape index (κ1) is 11.7. The maximum Gasteiger partial charge on any atom is 0.410 e. The molecule has 1 aliphatic heterocycles. The Hall–Kier alpha value is -0.770. The Bertz CT molecular complexity index is 285. The fourth-order valence-corrected chi connectivity index (χ4v) is 2.41. The molecule has 92 valence electrons. The van der Waals surface area contributed by atoms with Crippen molar-refractivity contribution in [2.75, 3.05) is 13.1 Å². The summed E-state index contributed by atoms with van der Waals surface area (Å²) in [7, 11) is 0. The van der Waals surface area contributed by atoms with E-state index in [0.717, 1.165) is 25.9 Å². The van der Waals surface area contributed by atoms with E-state index in [9.17, 15) is 4.79 Å². The van der Waals surface area contributed by atoms with Crippen molar-refractivity contribution in [2.45, 2.75) is 45.3 Å².